The van der Waals surface area contributed by atoms with Gasteiger partial charge in [-0.1, -0.05) is 58.4 Å². The number of aromatic nitrogens is 5. The summed E-state index contributed by atoms with van der Waals surface area (Å²) < 4.78 is 2.45. The van der Waals surface area contributed by atoms with Crippen molar-refractivity contribution in [2.45, 2.75) is 72.8 Å². The fraction of sp³-hybridized carbons (Fsp3) is 0.452. The first-order valence-corrected chi connectivity index (χ1v) is 13.9. The van der Waals surface area contributed by atoms with Crippen LogP contribution in [0.15, 0.2) is 42.5 Å². The Kier molecular flexibility index (Phi) is 6.13. The molecule has 1 saturated carbocycles. The molecule has 0 aliphatic heterocycles. The van der Waals surface area contributed by atoms with E-state index in [0.717, 1.165) is 84.2 Å². The van der Waals surface area contributed by atoms with Gasteiger partial charge in [-0.05, 0) is 60.8 Å². The normalized spacial score (nSPS) is 14.3. The number of nitrogens with zero attached hydrogens (tertiary/aromatic N) is 4. The molecule has 6 nitrogen and oxygen atoms in total. The lowest BCUT2D eigenvalue weighted by atomic mass is 9.89. The van der Waals surface area contributed by atoms with Gasteiger partial charge in [0.25, 0.3) is 0 Å². The number of benzene rings is 2. The third kappa shape index (κ3) is 5.07. The number of unbranched alkanes of at least 4 members (excludes halogenated alkanes) is 1. The molecule has 2 N–H and O–H groups in total. The minimum atomic E-state index is 0.132. The van der Waals surface area contributed by atoms with Crippen molar-refractivity contribution in [3.63, 3.8) is 0 Å². The van der Waals surface area contributed by atoms with Gasteiger partial charge in [-0.3, -0.25) is 4.98 Å². The second kappa shape index (κ2) is 9.47. The lowest BCUT2D eigenvalue weighted by molar-refractivity contribution is 0.408. The van der Waals surface area contributed by atoms with Crippen molar-refractivity contribution in [2.75, 3.05) is 11.9 Å². The fourth-order valence-corrected chi connectivity index (χ4v) is 5.25. The summed E-state index contributed by atoms with van der Waals surface area (Å²) >= 11 is 0. The molecule has 3 heterocycles. The van der Waals surface area contributed by atoms with E-state index in [1.54, 1.807) is 0 Å². The van der Waals surface area contributed by atoms with E-state index >= 15 is 0 Å². The van der Waals surface area contributed by atoms with Crippen LogP contribution < -0.4 is 5.32 Å². The molecule has 2 aromatic carbocycles. The van der Waals surface area contributed by atoms with E-state index in [-0.39, 0.29) is 5.41 Å². The summed E-state index contributed by atoms with van der Waals surface area (Å²) in [4.78, 5) is 18.6. The molecule has 0 bridgehead atoms. The average Bonchev–Trinajstić information content (AvgIpc) is 3.50. The molecule has 0 radical (unpaired) electrons. The van der Waals surface area contributed by atoms with E-state index in [9.17, 15) is 0 Å². The molecule has 1 fully saturated rings. The van der Waals surface area contributed by atoms with Gasteiger partial charge in [0.15, 0.2) is 0 Å². The van der Waals surface area contributed by atoms with Crippen molar-refractivity contribution in [1.82, 2.24) is 24.5 Å². The molecule has 6 heteroatoms. The first-order valence-electron chi connectivity index (χ1n) is 13.9. The monoisotopic (exact) mass is 494 g/mol. The molecule has 3 aromatic heterocycles. The molecule has 0 saturated heterocycles. The number of aromatic amines is 1. The molecule has 1 aliphatic rings. The maximum Gasteiger partial charge on any atom is 0.201 e. The van der Waals surface area contributed by atoms with E-state index in [1.807, 2.05) is 0 Å². The maximum absolute atomic E-state index is 5.26. The Labute approximate surface area is 218 Å². The van der Waals surface area contributed by atoms with Crippen LogP contribution in [0.5, 0.6) is 0 Å². The third-order valence-corrected chi connectivity index (χ3v) is 7.33. The zero-order chi connectivity index (χ0) is 25.6. The van der Waals surface area contributed by atoms with Gasteiger partial charge < -0.3 is 14.9 Å². The van der Waals surface area contributed by atoms with Crippen LogP contribution in [0.25, 0.3) is 33.0 Å². The number of anilines is 1. The van der Waals surface area contributed by atoms with E-state index in [0.29, 0.717) is 0 Å². The third-order valence-electron chi connectivity index (χ3n) is 7.33. The number of pyridine rings is 1. The Morgan fingerprint density at radius 3 is 2.65 bits per heavy atom. The molecule has 37 heavy (non-hydrogen) atoms. The number of aryl methyl sites for hydroxylation is 1. The summed E-state index contributed by atoms with van der Waals surface area (Å²) in [6.07, 6.45) is 6.80. The summed E-state index contributed by atoms with van der Waals surface area (Å²) in [7, 11) is 0. The van der Waals surface area contributed by atoms with E-state index in [4.69, 9.17) is 15.0 Å². The molecular formula is C31H38N6. The number of hydrogen-bond acceptors (Lipinski definition) is 4. The Hall–Kier alpha value is -3.41. The molecule has 0 unspecified atom stereocenters. The van der Waals surface area contributed by atoms with Crippen molar-refractivity contribution in [1.29, 1.82) is 0 Å². The molecule has 1 aliphatic carbocycles. The molecule has 5 aromatic rings. The van der Waals surface area contributed by atoms with Crippen molar-refractivity contribution < 1.29 is 0 Å². The quantitative estimate of drug-likeness (QED) is 0.226. The van der Waals surface area contributed by atoms with Gasteiger partial charge in [0.2, 0.25) is 5.95 Å². The average molecular weight is 495 g/mol. The van der Waals surface area contributed by atoms with Gasteiger partial charge in [-0.2, -0.15) is 0 Å². The molecule has 0 spiro atoms. The fourth-order valence-electron chi connectivity index (χ4n) is 5.25. The van der Waals surface area contributed by atoms with Crippen LogP contribution in [0.1, 0.15) is 70.5 Å². The number of imidazole rings is 2. The number of fused-ring (bicyclic) bond motifs is 4. The molecule has 0 amide bonds. The van der Waals surface area contributed by atoms with Crippen LogP contribution in [0.4, 0.5) is 5.95 Å². The van der Waals surface area contributed by atoms with Gasteiger partial charge in [0.1, 0.15) is 11.3 Å². The summed E-state index contributed by atoms with van der Waals surface area (Å²) in [5.41, 5.74) is 7.90. The second-order valence-corrected chi connectivity index (χ2v) is 12.0. The van der Waals surface area contributed by atoms with Crippen molar-refractivity contribution in [2.24, 2.45) is 11.3 Å². The van der Waals surface area contributed by atoms with E-state index < -0.39 is 0 Å². The molecular weight excluding hydrogens is 456 g/mol. The minimum Gasteiger partial charge on any atom is -0.356 e. The standard InChI is InChI=1S/C31H38N6/c1-5-6-11-27-36-28-26(17-31(2,3)4)33-23-10-8-7-9-22(23)29(28)37(27)19-21-14-15-24-25(16-21)35-30(34-24)32-18-20-12-13-20/h7-10,14-16,20H,5-6,11-13,17-19H2,1-4H3,(H2,32,34,35). The van der Waals surface area contributed by atoms with Gasteiger partial charge in [-0.15, -0.1) is 0 Å². The summed E-state index contributed by atoms with van der Waals surface area (Å²) in [6, 6.07) is 15.1. The highest BCUT2D eigenvalue weighted by molar-refractivity contribution is 6.03. The predicted octanol–water partition coefficient (Wildman–Crippen LogP) is 7.26. The zero-order valence-corrected chi connectivity index (χ0v) is 22.6. The minimum absolute atomic E-state index is 0.132. The number of H-pyrrole nitrogens is 1. The highest BCUT2D eigenvalue weighted by Gasteiger charge is 2.23. The summed E-state index contributed by atoms with van der Waals surface area (Å²) in [5, 5.41) is 4.65. The first-order chi connectivity index (χ1) is 17.9. The van der Waals surface area contributed by atoms with Crippen LogP contribution in [0.2, 0.25) is 0 Å². The maximum atomic E-state index is 5.26. The first kappa shape index (κ1) is 24.0. The van der Waals surface area contributed by atoms with E-state index in [2.05, 4.69) is 85.0 Å². The number of para-hydroxylation sites is 1. The Morgan fingerprint density at radius 2 is 1.86 bits per heavy atom. The highest BCUT2D eigenvalue weighted by Crippen LogP contribution is 2.33. The number of rotatable bonds is 9. The van der Waals surface area contributed by atoms with Crippen molar-refractivity contribution in [3.05, 3.63) is 59.5 Å². The predicted molar refractivity (Wildman–Crippen MR) is 153 cm³/mol. The van der Waals surface area contributed by atoms with Crippen molar-refractivity contribution >= 4 is 38.9 Å². The molecule has 192 valence electrons. The van der Waals surface area contributed by atoms with Gasteiger partial charge >= 0.3 is 0 Å². The van der Waals surface area contributed by atoms with Crippen LogP contribution >= 0.6 is 0 Å². The lowest BCUT2D eigenvalue weighted by Gasteiger charge is -2.18. The van der Waals surface area contributed by atoms with Gasteiger partial charge in [-0.25, -0.2) is 9.97 Å². The summed E-state index contributed by atoms with van der Waals surface area (Å²) in [5.74, 6) is 2.84. The number of nitrogens with one attached hydrogen (secondary N) is 2. The Bertz CT molecular complexity index is 1560. The summed E-state index contributed by atoms with van der Waals surface area (Å²) in [6.45, 7) is 10.9. The van der Waals surface area contributed by atoms with Crippen molar-refractivity contribution in [3.8, 4) is 0 Å². The SMILES string of the molecule is CCCCc1nc2c(CC(C)(C)C)nc3ccccc3c2n1Cc1ccc2nc(NCC3CC3)[nH]c2c1. The van der Waals surface area contributed by atoms with Crippen LogP contribution in [-0.2, 0) is 19.4 Å². The zero-order valence-electron chi connectivity index (χ0n) is 22.6. The smallest absolute Gasteiger partial charge is 0.201 e. The highest BCUT2D eigenvalue weighted by atomic mass is 15.1. The molecule has 6 rings (SSSR count). The van der Waals surface area contributed by atoms with Gasteiger partial charge in [0, 0.05) is 24.9 Å². The Balaban J connectivity index is 1.45. The van der Waals surface area contributed by atoms with Crippen LogP contribution in [0, 0.1) is 11.3 Å². The number of hydrogen-bond donors (Lipinski definition) is 2. The van der Waals surface area contributed by atoms with Crippen LogP contribution in [0.3, 0.4) is 0 Å². The van der Waals surface area contributed by atoms with E-state index in [1.165, 1.54) is 29.3 Å². The topological polar surface area (TPSA) is 71.4 Å². The van der Waals surface area contributed by atoms with Crippen LogP contribution in [-0.4, -0.2) is 31.0 Å². The second-order valence-electron chi connectivity index (χ2n) is 12.0. The lowest BCUT2D eigenvalue weighted by Crippen LogP contribution is -2.11. The van der Waals surface area contributed by atoms with Gasteiger partial charge in [0.05, 0.1) is 27.8 Å². The molecule has 0 atom stereocenters. The Morgan fingerprint density at radius 1 is 1.03 bits per heavy atom. The largest absolute Gasteiger partial charge is 0.356 e.